The molecule has 7 heteroatoms. The first-order chi connectivity index (χ1) is 16.0. The number of nitrogens with one attached hydrogen (secondary N) is 2. The number of carbonyl (C=O) groups is 3. The summed E-state index contributed by atoms with van der Waals surface area (Å²) in [6.07, 6.45) is 2.21. The third-order valence-electron chi connectivity index (χ3n) is 6.50. The number of urea groups is 1. The molecule has 1 saturated heterocycles. The van der Waals surface area contributed by atoms with E-state index in [1.54, 1.807) is 11.3 Å². The van der Waals surface area contributed by atoms with E-state index in [-0.39, 0.29) is 24.4 Å². The topological polar surface area (TPSA) is 78.5 Å². The van der Waals surface area contributed by atoms with Crippen molar-refractivity contribution in [1.29, 1.82) is 0 Å². The van der Waals surface area contributed by atoms with Crippen molar-refractivity contribution in [3.8, 4) is 0 Å². The quantitative estimate of drug-likeness (QED) is 0.565. The lowest BCUT2D eigenvalue weighted by atomic mass is 9.76. The van der Waals surface area contributed by atoms with Crippen molar-refractivity contribution in [2.24, 2.45) is 0 Å². The van der Waals surface area contributed by atoms with Gasteiger partial charge in [-0.25, -0.2) is 4.79 Å². The van der Waals surface area contributed by atoms with E-state index < -0.39 is 11.6 Å². The highest BCUT2D eigenvalue weighted by molar-refractivity contribution is 7.10. The molecule has 2 unspecified atom stereocenters. The van der Waals surface area contributed by atoms with Gasteiger partial charge < -0.3 is 10.6 Å². The van der Waals surface area contributed by atoms with E-state index in [9.17, 15) is 14.4 Å². The number of fused-ring (bicyclic) bond motifs is 2. The van der Waals surface area contributed by atoms with E-state index in [4.69, 9.17) is 0 Å². The summed E-state index contributed by atoms with van der Waals surface area (Å²) in [4.78, 5) is 41.4. The van der Waals surface area contributed by atoms with Gasteiger partial charge in [-0.05, 0) is 54.3 Å². The van der Waals surface area contributed by atoms with Gasteiger partial charge in [0.05, 0.1) is 6.04 Å². The fourth-order valence-electron chi connectivity index (χ4n) is 4.84. The predicted octanol–water partition coefficient (Wildman–Crippen LogP) is 4.05. The molecule has 4 amide bonds. The molecule has 33 heavy (non-hydrogen) atoms. The summed E-state index contributed by atoms with van der Waals surface area (Å²) >= 11 is 1.55. The molecule has 1 aliphatic heterocycles. The second-order valence-corrected chi connectivity index (χ2v) is 9.64. The van der Waals surface area contributed by atoms with E-state index in [1.165, 1.54) is 0 Å². The van der Waals surface area contributed by atoms with Gasteiger partial charge in [0.2, 0.25) is 5.91 Å². The van der Waals surface area contributed by atoms with Gasteiger partial charge in [-0.1, -0.05) is 60.2 Å². The zero-order chi connectivity index (χ0) is 23.0. The van der Waals surface area contributed by atoms with Gasteiger partial charge >= 0.3 is 6.03 Å². The van der Waals surface area contributed by atoms with Crippen LogP contribution in [0.2, 0.25) is 0 Å². The van der Waals surface area contributed by atoms with Crippen LogP contribution >= 0.6 is 11.3 Å². The smallest absolute Gasteiger partial charge is 0.325 e. The summed E-state index contributed by atoms with van der Waals surface area (Å²) in [5.74, 6) is -0.726. The third-order valence-corrected chi connectivity index (χ3v) is 7.43. The van der Waals surface area contributed by atoms with Crippen molar-refractivity contribution in [2.45, 2.75) is 37.8 Å². The highest BCUT2D eigenvalue weighted by atomic mass is 32.1. The van der Waals surface area contributed by atoms with Gasteiger partial charge in [0.25, 0.3) is 5.91 Å². The average Bonchev–Trinajstić information content (AvgIpc) is 3.43. The van der Waals surface area contributed by atoms with Gasteiger partial charge in [0.1, 0.15) is 12.1 Å². The summed E-state index contributed by atoms with van der Waals surface area (Å²) in [7, 11) is 0. The molecule has 1 spiro atoms. The van der Waals surface area contributed by atoms with Crippen molar-refractivity contribution in [1.82, 2.24) is 15.5 Å². The van der Waals surface area contributed by atoms with E-state index in [1.807, 2.05) is 73.0 Å². The monoisotopic (exact) mass is 459 g/mol. The fourth-order valence-corrected chi connectivity index (χ4v) is 5.64. The zero-order valence-corrected chi connectivity index (χ0v) is 19.2. The Balaban J connectivity index is 1.37. The second kappa shape index (κ2) is 8.48. The number of imide groups is 1. The van der Waals surface area contributed by atoms with Crippen LogP contribution in [0.3, 0.4) is 0 Å². The van der Waals surface area contributed by atoms with Crippen LogP contribution in [0.1, 0.15) is 46.0 Å². The highest BCUT2D eigenvalue weighted by Gasteiger charge is 2.54. The van der Waals surface area contributed by atoms with Crippen molar-refractivity contribution >= 4 is 29.2 Å². The summed E-state index contributed by atoms with van der Waals surface area (Å²) < 4.78 is 0. The number of amides is 4. The molecule has 5 rings (SSSR count). The molecule has 3 aromatic rings. The van der Waals surface area contributed by atoms with Crippen LogP contribution in [-0.4, -0.2) is 29.3 Å². The van der Waals surface area contributed by atoms with Crippen LogP contribution in [0.15, 0.2) is 66.0 Å². The van der Waals surface area contributed by atoms with Crippen molar-refractivity contribution in [2.75, 3.05) is 6.54 Å². The Kier molecular flexibility index (Phi) is 5.50. The third kappa shape index (κ3) is 3.82. The zero-order valence-electron chi connectivity index (χ0n) is 18.3. The summed E-state index contributed by atoms with van der Waals surface area (Å²) in [6.45, 7) is 1.70. The van der Waals surface area contributed by atoms with Crippen LogP contribution in [0.5, 0.6) is 0 Å². The maximum Gasteiger partial charge on any atom is 0.325 e. The van der Waals surface area contributed by atoms with E-state index in [0.29, 0.717) is 6.42 Å². The Morgan fingerprint density at radius 1 is 1.12 bits per heavy atom. The van der Waals surface area contributed by atoms with Crippen molar-refractivity contribution in [3.05, 3.63) is 93.2 Å². The SMILES string of the molecule is Cc1ccc(C(NC(=O)CN2C(=O)NC3(CCCc4ccccc43)C2=O)c2cccs2)cc1. The first-order valence-electron chi connectivity index (χ1n) is 11.1. The normalized spacial score (nSPS) is 20.5. The molecule has 2 aromatic carbocycles. The molecule has 1 fully saturated rings. The Morgan fingerprint density at radius 2 is 1.91 bits per heavy atom. The molecule has 2 heterocycles. The highest BCUT2D eigenvalue weighted by Crippen LogP contribution is 2.39. The molecule has 2 N–H and O–H groups in total. The molecule has 2 aliphatic rings. The minimum absolute atomic E-state index is 0.317. The minimum atomic E-state index is -1.07. The fraction of sp³-hybridized carbons (Fsp3) is 0.269. The van der Waals surface area contributed by atoms with E-state index in [2.05, 4.69) is 10.6 Å². The van der Waals surface area contributed by atoms with Gasteiger partial charge in [-0.2, -0.15) is 0 Å². The first kappa shape index (κ1) is 21.4. The molecular weight excluding hydrogens is 434 g/mol. The maximum atomic E-state index is 13.5. The predicted molar refractivity (Wildman–Crippen MR) is 127 cm³/mol. The van der Waals surface area contributed by atoms with Crippen LogP contribution in [-0.2, 0) is 21.5 Å². The van der Waals surface area contributed by atoms with Gasteiger partial charge in [0, 0.05) is 4.88 Å². The lowest BCUT2D eigenvalue weighted by Gasteiger charge is -2.33. The number of hydrogen-bond acceptors (Lipinski definition) is 4. The first-order valence-corrected chi connectivity index (χ1v) is 12.0. The van der Waals surface area contributed by atoms with E-state index >= 15 is 0 Å². The summed E-state index contributed by atoms with van der Waals surface area (Å²) in [5.41, 5.74) is 2.92. The Labute approximate surface area is 196 Å². The second-order valence-electron chi connectivity index (χ2n) is 8.66. The number of nitrogens with zero attached hydrogens (tertiary/aromatic N) is 1. The molecule has 1 aromatic heterocycles. The maximum absolute atomic E-state index is 13.5. The van der Waals surface area contributed by atoms with Crippen molar-refractivity contribution in [3.63, 3.8) is 0 Å². The van der Waals surface area contributed by atoms with Crippen molar-refractivity contribution < 1.29 is 14.4 Å². The Morgan fingerprint density at radius 3 is 2.67 bits per heavy atom. The Bertz CT molecular complexity index is 1210. The standard InChI is InChI=1S/C26H25N3O3S/c1-17-10-12-19(13-11-17)23(21-9-5-15-33-21)27-22(30)16-29-24(31)26(28-25(29)32)14-4-7-18-6-2-3-8-20(18)26/h2-3,5-6,8-13,15,23H,4,7,14,16H2,1H3,(H,27,30)(H,28,32). The molecule has 6 nitrogen and oxygen atoms in total. The molecular formula is C26H25N3O3S. The minimum Gasteiger partial charge on any atom is -0.343 e. The molecule has 0 bridgehead atoms. The van der Waals surface area contributed by atoms with Gasteiger partial charge in [-0.15, -0.1) is 11.3 Å². The van der Waals surface area contributed by atoms with Crippen LogP contribution in [0, 0.1) is 6.92 Å². The number of rotatable bonds is 5. The number of benzene rings is 2. The number of aryl methyl sites for hydroxylation is 2. The number of thiophene rings is 1. The molecule has 2 atom stereocenters. The number of carbonyl (C=O) groups excluding carboxylic acids is 3. The average molecular weight is 460 g/mol. The van der Waals surface area contributed by atoms with Gasteiger partial charge in [-0.3, -0.25) is 14.5 Å². The molecule has 168 valence electrons. The molecule has 0 saturated carbocycles. The summed E-state index contributed by atoms with van der Waals surface area (Å²) in [6, 6.07) is 18.8. The van der Waals surface area contributed by atoms with Crippen LogP contribution in [0.4, 0.5) is 4.79 Å². The lowest BCUT2D eigenvalue weighted by molar-refractivity contribution is -0.135. The Hall–Kier alpha value is -3.45. The number of hydrogen-bond donors (Lipinski definition) is 2. The van der Waals surface area contributed by atoms with E-state index in [0.717, 1.165) is 44.9 Å². The summed E-state index contributed by atoms with van der Waals surface area (Å²) in [5, 5.41) is 7.90. The van der Waals surface area contributed by atoms with Gasteiger partial charge in [0.15, 0.2) is 0 Å². The molecule has 1 aliphatic carbocycles. The molecule has 0 radical (unpaired) electrons. The lowest BCUT2D eigenvalue weighted by Crippen LogP contribution is -2.47. The van der Waals surface area contributed by atoms with Crippen LogP contribution in [0.25, 0.3) is 0 Å². The van der Waals surface area contributed by atoms with Crippen LogP contribution < -0.4 is 10.6 Å². The largest absolute Gasteiger partial charge is 0.343 e.